The molecule has 0 atom stereocenters. The molecule has 226 valence electrons. The van der Waals surface area contributed by atoms with Crippen molar-refractivity contribution in [3.05, 3.63) is 0 Å². The Morgan fingerprint density at radius 2 is 0.538 bits per heavy atom. The molecule has 0 aliphatic heterocycles. The first-order chi connectivity index (χ1) is 19.1. The fourth-order valence-electron chi connectivity index (χ4n) is 5.72. The van der Waals surface area contributed by atoms with Gasteiger partial charge in [0.1, 0.15) is 0 Å². The first-order valence-corrected chi connectivity index (χ1v) is 20.0. The molecule has 0 fully saturated rings. The predicted octanol–water partition coefficient (Wildman–Crippen LogP) is 12.9. The standard InChI is InChI=1S/C35H66N3P/c1-3-5-6-7-8-9-10-11-12-13-14-15-16-17-18-19-20-21-22-23-24-25-26-27-28-29-30-31-32-39(4-2,33-36,34-37)35-38/h3-32H2,1-2H3. The van der Waals surface area contributed by atoms with Crippen molar-refractivity contribution in [2.24, 2.45) is 0 Å². The van der Waals surface area contributed by atoms with Crippen LogP contribution in [-0.2, 0) is 0 Å². The van der Waals surface area contributed by atoms with Crippen LogP contribution in [0.4, 0.5) is 0 Å². The molecule has 3 nitrogen and oxygen atoms in total. The first-order valence-electron chi connectivity index (χ1n) is 17.4. The van der Waals surface area contributed by atoms with Crippen LogP contribution in [0.1, 0.15) is 194 Å². The molecule has 0 aromatic carbocycles. The third-order valence-electron chi connectivity index (χ3n) is 8.93. The van der Waals surface area contributed by atoms with Crippen molar-refractivity contribution in [1.29, 1.82) is 15.8 Å². The third-order valence-corrected chi connectivity index (χ3v) is 13.1. The van der Waals surface area contributed by atoms with E-state index in [0.29, 0.717) is 12.3 Å². The maximum absolute atomic E-state index is 9.49. The van der Waals surface area contributed by atoms with E-state index < -0.39 is 6.60 Å². The molecule has 0 amide bonds. The molecule has 0 unspecified atom stereocenters. The summed E-state index contributed by atoms with van der Waals surface area (Å²) in [6.07, 6.45) is 39.5. The average Bonchev–Trinajstić information content (AvgIpc) is 2.97. The Labute approximate surface area is 245 Å². The normalized spacial score (nSPS) is 12.3. The van der Waals surface area contributed by atoms with Gasteiger partial charge >= 0.3 is 130 Å². The van der Waals surface area contributed by atoms with Crippen molar-refractivity contribution in [2.45, 2.75) is 194 Å². The fourth-order valence-corrected chi connectivity index (χ4v) is 7.81. The average molecular weight is 560 g/mol. The quantitative estimate of drug-likeness (QED) is 0.0649. The van der Waals surface area contributed by atoms with Gasteiger partial charge in [-0.15, -0.1) is 0 Å². The summed E-state index contributed by atoms with van der Waals surface area (Å²) < 4.78 is 0. The second-order valence-electron chi connectivity index (χ2n) is 12.4. The summed E-state index contributed by atoms with van der Waals surface area (Å²) >= 11 is 0. The van der Waals surface area contributed by atoms with Gasteiger partial charge in [0.15, 0.2) is 0 Å². The van der Waals surface area contributed by atoms with Crippen LogP contribution in [0.15, 0.2) is 0 Å². The van der Waals surface area contributed by atoms with Gasteiger partial charge in [0, 0.05) is 0 Å². The van der Waals surface area contributed by atoms with Crippen LogP contribution in [0.3, 0.4) is 0 Å². The van der Waals surface area contributed by atoms with Gasteiger partial charge in [0.25, 0.3) is 0 Å². The molecule has 39 heavy (non-hydrogen) atoms. The third kappa shape index (κ3) is 20.4. The van der Waals surface area contributed by atoms with E-state index in [4.69, 9.17) is 0 Å². The number of nitriles is 3. The van der Waals surface area contributed by atoms with Crippen molar-refractivity contribution in [2.75, 3.05) is 12.3 Å². The van der Waals surface area contributed by atoms with Crippen LogP contribution in [0, 0.1) is 33.2 Å². The van der Waals surface area contributed by atoms with Gasteiger partial charge in [-0.25, -0.2) is 0 Å². The molecule has 0 heterocycles. The summed E-state index contributed by atoms with van der Waals surface area (Å²) in [6, 6.07) is 0. The van der Waals surface area contributed by atoms with Crippen molar-refractivity contribution in [1.82, 2.24) is 0 Å². The van der Waals surface area contributed by atoms with Crippen LogP contribution < -0.4 is 0 Å². The number of rotatable bonds is 30. The van der Waals surface area contributed by atoms with Gasteiger partial charge in [-0.3, -0.25) is 0 Å². The Balaban J connectivity index is 3.27. The summed E-state index contributed by atoms with van der Waals surface area (Å²) in [4.78, 5) is 0. The van der Waals surface area contributed by atoms with Crippen LogP contribution in [-0.4, -0.2) is 12.3 Å². The zero-order valence-electron chi connectivity index (χ0n) is 26.5. The predicted molar refractivity (Wildman–Crippen MR) is 174 cm³/mol. The van der Waals surface area contributed by atoms with Gasteiger partial charge in [0.05, 0.1) is 0 Å². The minimum absolute atomic E-state index is 0.411. The van der Waals surface area contributed by atoms with Gasteiger partial charge in [-0.05, 0) is 0 Å². The molecule has 4 heteroatoms. The van der Waals surface area contributed by atoms with Crippen LogP contribution in [0.2, 0.25) is 0 Å². The molecule has 0 rings (SSSR count). The van der Waals surface area contributed by atoms with E-state index in [1.54, 1.807) is 0 Å². The number of unbranched alkanes of at least 4 members (excludes halogenated alkanes) is 27. The Morgan fingerprint density at radius 3 is 0.718 bits per heavy atom. The van der Waals surface area contributed by atoms with E-state index in [1.165, 1.54) is 161 Å². The second kappa shape index (κ2) is 27.1. The number of nitrogens with zero attached hydrogens (tertiary/aromatic N) is 3. The SMILES string of the molecule is CCCCCCCCCCCCCCCCCCCCCCCCCCCCCCP(C#N)(C#N)(C#N)CC. The summed E-state index contributed by atoms with van der Waals surface area (Å²) in [7, 11) is 0. The van der Waals surface area contributed by atoms with E-state index in [9.17, 15) is 15.8 Å². The fraction of sp³-hybridized carbons (Fsp3) is 0.914. The molecule has 0 spiro atoms. The molecule has 0 aliphatic carbocycles. The van der Waals surface area contributed by atoms with Crippen molar-refractivity contribution < 1.29 is 0 Å². The number of hydrogen-bond donors (Lipinski definition) is 0. The summed E-state index contributed by atoms with van der Waals surface area (Å²) in [6.45, 7) is 0.702. The molecule has 0 radical (unpaired) electrons. The Morgan fingerprint density at radius 1 is 0.333 bits per heavy atom. The van der Waals surface area contributed by atoms with Crippen molar-refractivity contribution in [3.8, 4) is 17.4 Å². The minimum atomic E-state index is -3.42. The molecular weight excluding hydrogens is 493 g/mol. The Hall–Kier alpha value is -1.10. The Bertz CT molecular complexity index is 630. The van der Waals surface area contributed by atoms with E-state index in [1.807, 2.05) is 6.92 Å². The molecule has 0 N–H and O–H groups in total. The molecule has 0 saturated carbocycles. The maximum atomic E-state index is 9.49. The Kier molecular flexibility index (Phi) is 26.3. The summed E-state index contributed by atoms with van der Waals surface area (Å²) in [5.41, 5.74) is 0. The van der Waals surface area contributed by atoms with Gasteiger partial charge in [-0.1, -0.05) is 116 Å². The van der Waals surface area contributed by atoms with Crippen molar-refractivity contribution in [3.63, 3.8) is 0 Å². The molecule has 0 aromatic rings. The summed E-state index contributed by atoms with van der Waals surface area (Å²) in [5.74, 6) is 6.47. The molecule has 0 aromatic heterocycles. The molecular formula is C35H66N3P. The van der Waals surface area contributed by atoms with Crippen LogP contribution >= 0.6 is 6.60 Å². The van der Waals surface area contributed by atoms with E-state index in [-0.39, 0.29) is 0 Å². The number of hydrogen-bond acceptors (Lipinski definition) is 3. The van der Waals surface area contributed by atoms with Crippen LogP contribution in [0.25, 0.3) is 0 Å². The zero-order chi connectivity index (χ0) is 28.8. The van der Waals surface area contributed by atoms with Gasteiger partial charge in [0.2, 0.25) is 0 Å². The first kappa shape index (κ1) is 37.9. The topological polar surface area (TPSA) is 71.4 Å². The molecule has 0 saturated heterocycles. The van der Waals surface area contributed by atoms with E-state index in [0.717, 1.165) is 19.3 Å². The van der Waals surface area contributed by atoms with Gasteiger partial charge in [-0.2, -0.15) is 0 Å². The summed E-state index contributed by atoms with van der Waals surface area (Å²) in [5, 5.41) is 28.5. The van der Waals surface area contributed by atoms with E-state index >= 15 is 0 Å². The second-order valence-corrected chi connectivity index (χ2v) is 17.1. The van der Waals surface area contributed by atoms with E-state index in [2.05, 4.69) is 24.4 Å². The van der Waals surface area contributed by atoms with Crippen LogP contribution in [0.5, 0.6) is 0 Å². The van der Waals surface area contributed by atoms with Crippen molar-refractivity contribution >= 4 is 6.60 Å². The van der Waals surface area contributed by atoms with Gasteiger partial charge < -0.3 is 0 Å². The molecule has 0 bridgehead atoms. The monoisotopic (exact) mass is 559 g/mol. The molecule has 0 aliphatic rings. The zero-order valence-corrected chi connectivity index (χ0v) is 27.4.